The second kappa shape index (κ2) is 7.98. The average Bonchev–Trinajstić information content (AvgIpc) is 3.03. The van der Waals surface area contributed by atoms with Crippen LogP contribution in [0.15, 0.2) is 84.4 Å². The molecular formula is C23H17FN2O3. The van der Waals surface area contributed by atoms with E-state index in [1.165, 1.54) is 17.2 Å². The lowest BCUT2D eigenvalue weighted by Gasteiger charge is -2.13. The van der Waals surface area contributed by atoms with Crippen molar-refractivity contribution < 1.29 is 18.7 Å². The van der Waals surface area contributed by atoms with Gasteiger partial charge in [-0.25, -0.2) is 9.40 Å². The summed E-state index contributed by atoms with van der Waals surface area (Å²) in [5, 5.41) is 1.22. The minimum Gasteiger partial charge on any atom is -0.489 e. The maximum absolute atomic E-state index is 13.6. The maximum atomic E-state index is 13.6. The van der Waals surface area contributed by atoms with Gasteiger partial charge in [0.25, 0.3) is 11.8 Å². The fourth-order valence-electron chi connectivity index (χ4n) is 2.92. The van der Waals surface area contributed by atoms with Gasteiger partial charge in [-0.1, -0.05) is 48.5 Å². The number of amides is 2. The Morgan fingerprint density at radius 2 is 1.59 bits per heavy atom. The van der Waals surface area contributed by atoms with Crippen molar-refractivity contribution >= 4 is 23.6 Å². The number of nitrogens with zero attached hydrogens (tertiary/aromatic N) is 1. The molecule has 0 saturated carbocycles. The number of hydrogen-bond acceptors (Lipinski definition) is 3. The van der Waals surface area contributed by atoms with E-state index in [1.54, 1.807) is 66.7 Å². The molecule has 0 bridgehead atoms. The molecule has 0 spiro atoms. The lowest BCUT2D eigenvalue weighted by molar-refractivity contribution is -0.117. The molecule has 144 valence electrons. The Hall–Kier alpha value is -3.93. The van der Waals surface area contributed by atoms with Crippen LogP contribution < -0.4 is 15.2 Å². The van der Waals surface area contributed by atoms with E-state index in [9.17, 15) is 14.0 Å². The smallest absolute Gasteiger partial charge is 0.282 e. The molecule has 0 radical (unpaired) electrons. The largest absolute Gasteiger partial charge is 0.489 e. The summed E-state index contributed by atoms with van der Waals surface area (Å²) in [4.78, 5) is 24.8. The summed E-state index contributed by atoms with van der Waals surface area (Å²) in [6.45, 7) is 0.111. The number of carbonyl (C=O) groups is 2. The van der Waals surface area contributed by atoms with E-state index in [-0.39, 0.29) is 18.0 Å². The molecular weight excluding hydrogens is 371 g/mol. The lowest BCUT2D eigenvalue weighted by Crippen LogP contribution is -2.35. The number of hydrazine groups is 1. The van der Waals surface area contributed by atoms with E-state index in [4.69, 9.17) is 4.74 Å². The molecule has 0 unspecified atom stereocenters. The highest BCUT2D eigenvalue weighted by Gasteiger charge is 2.34. The van der Waals surface area contributed by atoms with Gasteiger partial charge in [0.1, 0.15) is 23.7 Å². The zero-order chi connectivity index (χ0) is 20.2. The molecule has 1 saturated heterocycles. The predicted molar refractivity (Wildman–Crippen MR) is 107 cm³/mol. The fraction of sp³-hybridized carbons (Fsp3) is 0.0435. The van der Waals surface area contributed by atoms with Gasteiger partial charge in [0.15, 0.2) is 0 Å². The van der Waals surface area contributed by atoms with Gasteiger partial charge in [-0.05, 0) is 42.0 Å². The first-order valence-corrected chi connectivity index (χ1v) is 9.00. The third-order valence-electron chi connectivity index (χ3n) is 4.45. The molecule has 1 aliphatic rings. The van der Waals surface area contributed by atoms with Crippen LogP contribution in [0.4, 0.5) is 10.1 Å². The summed E-state index contributed by atoms with van der Waals surface area (Å²) in [5.74, 6) is -0.633. The van der Waals surface area contributed by atoms with Crippen LogP contribution in [-0.4, -0.2) is 11.8 Å². The number of anilines is 1. The summed E-state index contributed by atoms with van der Waals surface area (Å²) in [5.41, 5.74) is 4.34. The van der Waals surface area contributed by atoms with Crippen LogP contribution in [-0.2, 0) is 16.2 Å². The number of hydrogen-bond donors (Lipinski definition) is 1. The minimum atomic E-state index is -0.460. The van der Waals surface area contributed by atoms with E-state index >= 15 is 0 Å². The molecule has 2 amide bonds. The van der Waals surface area contributed by atoms with Crippen LogP contribution in [0.5, 0.6) is 5.75 Å². The monoisotopic (exact) mass is 388 g/mol. The second-order valence-corrected chi connectivity index (χ2v) is 6.42. The Balaban J connectivity index is 1.46. The third kappa shape index (κ3) is 4.01. The summed E-state index contributed by atoms with van der Waals surface area (Å²) >= 11 is 0. The normalized spacial score (nSPS) is 14.9. The van der Waals surface area contributed by atoms with Crippen molar-refractivity contribution in [1.29, 1.82) is 0 Å². The fourth-order valence-corrected chi connectivity index (χ4v) is 2.92. The zero-order valence-electron chi connectivity index (χ0n) is 15.3. The molecule has 1 aliphatic heterocycles. The number of rotatable bonds is 5. The topological polar surface area (TPSA) is 58.6 Å². The van der Waals surface area contributed by atoms with Gasteiger partial charge in [0.05, 0.1) is 5.69 Å². The molecule has 0 aliphatic carbocycles. The van der Waals surface area contributed by atoms with Gasteiger partial charge in [0.2, 0.25) is 0 Å². The first kappa shape index (κ1) is 18.4. The van der Waals surface area contributed by atoms with E-state index in [2.05, 4.69) is 5.43 Å². The lowest BCUT2D eigenvalue weighted by atomic mass is 10.1. The van der Waals surface area contributed by atoms with Crippen molar-refractivity contribution in [3.8, 4) is 5.75 Å². The molecule has 1 heterocycles. The van der Waals surface area contributed by atoms with Crippen molar-refractivity contribution in [2.24, 2.45) is 0 Å². The molecule has 29 heavy (non-hydrogen) atoms. The molecule has 3 aromatic carbocycles. The summed E-state index contributed by atoms with van der Waals surface area (Å²) in [6, 6.07) is 22.2. The molecule has 0 atom stereocenters. The maximum Gasteiger partial charge on any atom is 0.282 e. The standard InChI is InChI=1S/C23H17FN2O3/c24-21-9-5-4-6-17(21)15-29-19-12-10-16(11-13-19)14-20-22(27)25-26(23(20)28)18-7-2-1-3-8-18/h1-14H,15H2,(H,25,27)/b20-14+. The molecule has 5 nitrogen and oxygen atoms in total. The highest BCUT2D eigenvalue weighted by molar-refractivity contribution is 6.31. The van der Waals surface area contributed by atoms with Crippen LogP contribution in [0.1, 0.15) is 11.1 Å². The third-order valence-corrected chi connectivity index (χ3v) is 4.45. The van der Waals surface area contributed by atoms with Crippen molar-refractivity contribution in [3.63, 3.8) is 0 Å². The predicted octanol–water partition coefficient (Wildman–Crippen LogP) is 3.87. The Labute approximate surface area is 167 Å². The zero-order valence-corrected chi connectivity index (χ0v) is 15.3. The quantitative estimate of drug-likeness (QED) is 0.533. The highest BCUT2D eigenvalue weighted by Crippen LogP contribution is 2.22. The summed E-state index contributed by atoms with van der Waals surface area (Å²) in [6.07, 6.45) is 1.53. The number of benzene rings is 3. The van der Waals surface area contributed by atoms with Crippen molar-refractivity contribution in [1.82, 2.24) is 5.43 Å². The first-order valence-electron chi connectivity index (χ1n) is 9.00. The summed E-state index contributed by atoms with van der Waals surface area (Å²) in [7, 11) is 0. The van der Waals surface area contributed by atoms with Gasteiger partial charge in [-0.15, -0.1) is 0 Å². The van der Waals surface area contributed by atoms with Gasteiger partial charge in [-0.3, -0.25) is 15.0 Å². The number of nitrogens with one attached hydrogen (secondary N) is 1. The number of para-hydroxylation sites is 1. The van der Waals surface area contributed by atoms with Crippen molar-refractivity contribution in [2.45, 2.75) is 6.61 Å². The van der Waals surface area contributed by atoms with Crippen molar-refractivity contribution in [2.75, 3.05) is 5.01 Å². The molecule has 3 aromatic rings. The van der Waals surface area contributed by atoms with Gasteiger partial charge in [0, 0.05) is 5.56 Å². The molecule has 1 fully saturated rings. The Morgan fingerprint density at radius 1 is 0.897 bits per heavy atom. The molecule has 1 N–H and O–H groups in total. The number of halogens is 1. The van der Waals surface area contributed by atoms with E-state index < -0.39 is 11.8 Å². The first-order chi connectivity index (χ1) is 14.1. The van der Waals surface area contributed by atoms with Gasteiger partial charge >= 0.3 is 0 Å². The number of carbonyl (C=O) groups excluding carboxylic acids is 2. The van der Waals surface area contributed by atoms with Crippen LogP contribution in [0.2, 0.25) is 0 Å². The Kier molecular flexibility index (Phi) is 5.07. The van der Waals surface area contributed by atoms with Crippen LogP contribution in [0, 0.1) is 5.82 Å². The SMILES string of the molecule is O=C1NN(c2ccccc2)C(=O)/C1=C/c1ccc(OCc2ccccc2F)cc1. The molecule has 6 heteroatoms. The summed E-state index contributed by atoms with van der Waals surface area (Å²) < 4.78 is 19.2. The van der Waals surface area contributed by atoms with Crippen LogP contribution in [0.25, 0.3) is 6.08 Å². The van der Waals surface area contributed by atoms with Gasteiger partial charge in [-0.2, -0.15) is 0 Å². The minimum absolute atomic E-state index is 0.0499. The molecule has 0 aromatic heterocycles. The Bertz CT molecular complexity index is 1080. The van der Waals surface area contributed by atoms with E-state index in [0.717, 1.165) is 0 Å². The van der Waals surface area contributed by atoms with Crippen LogP contribution >= 0.6 is 0 Å². The van der Waals surface area contributed by atoms with Gasteiger partial charge < -0.3 is 4.74 Å². The Morgan fingerprint density at radius 3 is 2.31 bits per heavy atom. The number of ether oxygens (including phenoxy) is 1. The molecule has 4 rings (SSSR count). The highest BCUT2D eigenvalue weighted by atomic mass is 19.1. The van der Waals surface area contributed by atoms with E-state index in [1.807, 2.05) is 6.07 Å². The average molecular weight is 388 g/mol. The van der Waals surface area contributed by atoms with E-state index in [0.29, 0.717) is 22.6 Å². The second-order valence-electron chi connectivity index (χ2n) is 6.42. The van der Waals surface area contributed by atoms with Crippen LogP contribution in [0.3, 0.4) is 0 Å². The van der Waals surface area contributed by atoms with Crippen molar-refractivity contribution in [3.05, 3.63) is 101 Å².